The van der Waals surface area contributed by atoms with Crippen LogP contribution in [0.25, 0.3) is 0 Å². The average Bonchev–Trinajstić information content (AvgIpc) is 2.72. The van der Waals surface area contributed by atoms with Crippen LogP contribution in [-0.4, -0.2) is 35.0 Å². The molecular formula is C21H23N3O5. The second-order valence-electron chi connectivity index (χ2n) is 7.29. The summed E-state index contributed by atoms with van der Waals surface area (Å²) in [6.07, 6.45) is 1.91. The van der Waals surface area contributed by atoms with Gasteiger partial charge in [0.05, 0.1) is 4.92 Å². The number of piperidine rings is 1. The lowest BCUT2D eigenvalue weighted by Crippen LogP contribution is -2.34. The van der Waals surface area contributed by atoms with Gasteiger partial charge in [0.1, 0.15) is 5.69 Å². The Kier molecular flexibility index (Phi) is 6.11. The molecule has 2 aromatic rings. The largest absolute Gasteiger partial charge is 0.479 e. The van der Waals surface area contributed by atoms with Crippen molar-refractivity contribution in [2.45, 2.75) is 25.8 Å². The number of nitro benzene ring substituents is 1. The third-order valence-electron chi connectivity index (χ3n) is 5.21. The molecule has 152 valence electrons. The molecule has 29 heavy (non-hydrogen) atoms. The maximum Gasteiger partial charge on any atom is 0.330 e. The molecule has 8 heteroatoms. The zero-order valence-electron chi connectivity index (χ0n) is 16.1. The Balaban J connectivity index is 1.84. The van der Waals surface area contributed by atoms with Gasteiger partial charge in [0.2, 0.25) is 0 Å². The first-order chi connectivity index (χ1) is 13.9. The molecule has 0 bridgehead atoms. The minimum absolute atomic E-state index is 0.0491. The maximum atomic E-state index is 12.6. The molecule has 1 fully saturated rings. The van der Waals surface area contributed by atoms with Crippen LogP contribution in [0.5, 0.6) is 0 Å². The molecule has 8 nitrogen and oxygen atoms in total. The smallest absolute Gasteiger partial charge is 0.330 e. The van der Waals surface area contributed by atoms with Crippen molar-refractivity contribution in [2.75, 3.05) is 18.0 Å². The van der Waals surface area contributed by atoms with Crippen LogP contribution in [-0.2, 0) is 4.79 Å². The summed E-state index contributed by atoms with van der Waals surface area (Å²) in [5.74, 6) is -1.30. The number of carbonyl (C=O) groups excluding carboxylic acids is 1. The number of nitrogens with one attached hydrogen (secondary N) is 1. The van der Waals surface area contributed by atoms with E-state index >= 15 is 0 Å². The number of aliphatic carboxylic acids is 1. The highest BCUT2D eigenvalue weighted by Crippen LogP contribution is 2.32. The van der Waals surface area contributed by atoms with E-state index in [2.05, 4.69) is 12.2 Å². The van der Waals surface area contributed by atoms with Crippen molar-refractivity contribution >= 4 is 23.3 Å². The number of nitro groups is 1. The van der Waals surface area contributed by atoms with Crippen LogP contribution in [0.4, 0.5) is 11.4 Å². The molecule has 1 heterocycles. The highest BCUT2D eigenvalue weighted by Gasteiger charge is 2.27. The first-order valence-electron chi connectivity index (χ1n) is 9.49. The van der Waals surface area contributed by atoms with E-state index in [1.807, 2.05) is 4.90 Å². The third kappa shape index (κ3) is 4.71. The number of amides is 1. The maximum absolute atomic E-state index is 12.6. The van der Waals surface area contributed by atoms with Gasteiger partial charge in [-0.15, -0.1) is 0 Å². The van der Waals surface area contributed by atoms with Crippen molar-refractivity contribution < 1.29 is 19.6 Å². The number of carbonyl (C=O) groups is 2. The molecule has 2 aromatic carbocycles. The molecular weight excluding hydrogens is 374 g/mol. The SMILES string of the molecule is CC1CCN(c2ccc(C(=O)NC(C(=O)O)c3ccccc3)cc2[N+](=O)[O-])CC1. The van der Waals surface area contributed by atoms with E-state index in [4.69, 9.17) is 0 Å². The Morgan fingerprint density at radius 2 is 1.83 bits per heavy atom. The Labute approximate surface area is 168 Å². The van der Waals surface area contributed by atoms with E-state index in [1.54, 1.807) is 36.4 Å². The average molecular weight is 397 g/mol. The van der Waals surface area contributed by atoms with Crippen LogP contribution < -0.4 is 10.2 Å². The topological polar surface area (TPSA) is 113 Å². The lowest BCUT2D eigenvalue weighted by molar-refractivity contribution is -0.384. The summed E-state index contributed by atoms with van der Waals surface area (Å²) in [6, 6.07) is 11.3. The summed E-state index contributed by atoms with van der Waals surface area (Å²) in [5, 5.41) is 23.5. The van der Waals surface area contributed by atoms with Crippen LogP contribution >= 0.6 is 0 Å². The van der Waals surface area contributed by atoms with E-state index < -0.39 is 22.8 Å². The summed E-state index contributed by atoms with van der Waals surface area (Å²) in [5.41, 5.74) is 0.796. The van der Waals surface area contributed by atoms with Crippen LogP contribution in [0.1, 0.15) is 41.7 Å². The van der Waals surface area contributed by atoms with Gasteiger partial charge in [0, 0.05) is 24.7 Å². The predicted octanol–water partition coefficient (Wildman–Crippen LogP) is 3.39. The predicted molar refractivity (Wildman–Crippen MR) is 108 cm³/mol. The van der Waals surface area contributed by atoms with E-state index in [0.717, 1.165) is 25.9 Å². The molecule has 0 saturated carbocycles. The van der Waals surface area contributed by atoms with E-state index in [0.29, 0.717) is 17.2 Å². The fourth-order valence-corrected chi connectivity index (χ4v) is 3.48. The van der Waals surface area contributed by atoms with Gasteiger partial charge in [-0.2, -0.15) is 0 Å². The van der Waals surface area contributed by atoms with Gasteiger partial charge < -0.3 is 15.3 Å². The lowest BCUT2D eigenvalue weighted by Gasteiger charge is -2.31. The number of nitrogens with zero attached hydrogens (tertiary/aromatic N) is 2. The van der Waals surface area contributed by atoms with Gasteiger partial charge in [-0.05, 0) is 36.5 Å². The molecule has 0 radical (unpaired) electrons. The molecule has 1 aliphatic heterocycles. The van der Waals surface area contributed by atoms with E-state index in [1.165, 1.54) is 12.1 Å². The molecule has 0 spiro atoms. The van der Waals surface area contributed by atoms with Gasteiger partial charge in [-0.1, -0.05) is 37.3 Å². The first kappa shape index (κ1) is 20.3. The standard InChI is InChI=1S/C21H23N3O5/c1-14-9-11-23(12-10-14)17-8-7-16(13-18(17)24(28)29)20(25)22-19(21(26)27)15-5-3-2-4-6-15/h2-8,13-14,19H,9-12H2,1H3,(H,22,25)(H,26,27). The minimum atomic E-state index is -1.24. The van der Waals surface area contributed by atoms with Crippen LogP contribution in [0.15, 0.2) is 48.5 Å². The van der Waals surface area contributed by atoms with Crippen molar-refractivity contribution in [3.05, 3.63) is 69.8 Å². The van der Waals surface area contributed by atoms with Crippen LogP contribution in [0.3, 0.4) is 0 Å². The number of carboxylic acid groups (broad SMARTS) is 1. The monoisotopic (exact) mass is 397 g/mol. The zero-order chi connectivity index (χ0) is 21.0. The summed E-state index contributed by atoms with van der Waals surface area (Å²) < 4.78 is 0. The van der Waals surface area contributed by atoms with E-state index in [-0.39, 0.29) is 11.3 Å². The first-order valence-corrected chi connectivity index (χ1v) is 9.49. The Morgan fingerprint density at radius 1 is 1.17 bits per heavy atom. The van der Waals surface area contributed by atoms with Crippen molar-refractivity contribution in [1.29, 1.82) is 0 Å². The fraction of sp³-hybridized carbons (Fsp3) is 0.333. The number of carboxylic acids is 1. The fourth-order valence-electron chi connectivity index (χ4n) is 3.48. The third-order valence-corrected chi connectivity index (χ3v) is 5.21. The molecule has 1 aliphatic rings. The molecule has 0 aliphatic carbocycles. The van der Waals surface area contributed by atoms with Crippen molar-refractivity contribution in [3.8, 4) is 0 Å². The van der Waals surface area contributed by atoms with Crippen molar-refractivity contribution in [1.82, 2.24) is 5.32 Å². The number of hydrogen-bond donors (Lipinski definition) is 2. The summed E-state index contributed by atoms with van der Waals surface area (Å²) >= 11 is 0. The molecule has 1 unspecified atom stereocenters. The number of hydrogen-bond acceptors (Lipinski definition) is 5. The molecule has 3 rings (SSSR count). The Morgan fingerprint density at radius 3 is 2.41 bits per heavy atom. The second kappa shape index (κ2) is 8.72. The molecule has 1 amide bonds. The van der Waals surface area contributed by atoms with Crippen LogP contribution in [0, 0.1) is 16.0 Å². The highest BCUT2D eigenvalue weighted by atomic mass is 16.6. The lowest BCUT2D eigenvalue weighted by atomic mass is 9.98. The molecule has 1 atom stereocenters. The Hall–Kier alpha value is -3.42. The second-order valence-corrected chi connectivity index (χ2v) is 7.29. The quantitative estimate of drug-likeness (QED) is 0.571. The van der Waals surface area contributed by atoms with Gasteiger partial charge >= 0.3 is 5.97 Å². The highest BCUT2D eigenvalue weighted by molar-refractivity contribution is 5.98. The van der Waals surface area contributed by atoms with Gasteiger partial charge in [0.25, 0.3) is 11.6 Å². The van der Waals surface area contributed by atoms with Crippen LogP contribution in [0.2, 0.25) is 0 Å². The number of benzene rings is 2. The van der Waals surface area contributed by atoms with Crippen molar-refractivity contribution in [2.24, 2.45) is 5.92 Å². The summed E-state index contributed by atoms with van der Waals surface area (Å²) in [4.78, 5) is 37.3. The summed E-state index contributed by atoms with van der Waals surface area (Å²) in [7, 11) is 0. The Bertz CT molecular complexity index is 908. The molecule has 0 aromatic heterocycles. The normalized spacial score (nSPS) is 15.6. The van der Waals surface area contributed by atoms with E-state index in [9.17, 15) is 24.8 Å². The molecule has 2 N–H and O–H groups in total. The van der Waals surface area contributed by atoms with Crippen molar-refractivity contribution in [3.63, 3.8) is 0 Å². The van der Waals surface area contributed by atoms with Gasteiger partial charge in [-0.25, -0.2) is 4.79 Å². The number of anilines is 1. The number of rotatable bonds is 6. The summed E-state index contributed by atoms with van der Waals surface area (Å²) in [6.45, 7) is 3.61. The minimum Gasteiger partial charge on any atom is -0.479 e. The molecule has 1 saturated heterocycles. The van der Waals surface area contributed by atoms with Gasteiger partial charge in [-0.3, -0.25) is 14.9 Å². The van der Waals surface area contributed by atoms with Gasteiger partial charge in [0.15, 0.2) is 6.04 Å². The zero-order valence-corrected chi connectivity index (χ0v) is 16.1.